The molecule has 0 N–H and O–H groups in total. The Morgan fingerprint density at radius 1 is 1.08 bits per heavy atom. The molecule has 0 aliphatic carbocycles. The lowest BCUT2D eigenvalue weighted by Gasteiger charge is -2.29. The molecule has 0 radical (unpaired) electrons. The van der Waals surface area contributed by atoms with Crippen molar-refractivity contribution in [2.75, 3.05) is 32.2 Å². The number of rotatable bonds is 8. The Labute approximate surface area is 232 Å². The lowest BCUT2D eigenvalue weighted by atomic mass is 10.0. The van der Waals surface area contributed by atoms with E-state index >= 15 is 0 Å². The molecule has 0 saturated carbocycles. The molecule has 1 amide bonds. The zero-order valence-electron chi connectivity index (χ0n) is 22.0. The molecule has 1 aliphatic rings. The van der Waals surface area contributed by atoms with E-state index in [1.165, 1.54) is 27.8 Å². The molecule has 2 aromatic heterocycles. The first-order valence-corrected chi connectivity index (χ1v) is 14.9. The molecule has 3 heterocycles. The number of benzene rings is 2. The molecule has 1 aliphatic heterocycles. The zero-order chi connectivity index (χ0) is 27.6. The summed E-state index contributed by atoms with van der Waals surface area (Å²) in [5, 5.41) is 0.494. The van der Waals surface area contributed by atoms with Crippen molar-refractivity contribution >= 4 is 42.6 Å². The summed E-state index contributed by atoms with van der Waals surface area (Å²) in [6.45, 7) is 3.40. The second-order valence-electron chi connectivity index (χ2n) is 9.53. The molecule has 5 rings (SSSR count). The van der Waals surface area contributed by atoms with Gasteiger partial charge in [0.15, 0.2) is 16.6 Å². The van der Waals surface area contributed by atoms with E-state index in [9.17, 15) is 13.2 Å². The van der Waals surface area contributed by atoms with Crippen molar-refractivity contribution in [1.82, 2.24) is 14.3 Å². The zero-order valence-corrected chi connectivity index (χ0v) is 23.7. The van der Waals surface area contributed by atoms with Crippen molar-refractivity contribution in [2.24, 2.45) is 5.92 Å². The Bertz CT molecular complexity index is 1520. The molecule has 0 atom stereocenters. The van der Waals surface area contributed by atoms with Gasteiger partial charge in [-0.1, -0.05) is 24.3 Å². The van der Waals surface area contributed by atoms with Crippen LogP contribution in [0.3, 0.4) is 0 Å². The maximum atomic E-state index is 13.8. The second-order valence-corrected chi connectivity index (χ2v) is 12.5. The summed E-state index contributed by atoms with van der Waals surface area (Å²) in [5.41, 5.74) is 1.87. The second kappa shape index (κ2) is 11.3. The number of sulfonamides is 1. The van der Waals surface area contributed by atoms with E-state index in [1.807, 2.05) is 18.2 Å². The van der Waals surface area contributed by atoms with Crippen LogP contribution < -0.4 is 14.4 Å². The number of hydrogen-bond donors (Lipinski definition) is 0. The molecule has 1 fully saturated rings. The number of fused-ring (bicyclic) bond motifs is 1. The Morgan fingerprint density at radius 3 is 2.41 bits per heavy atom. The fraction of sp³-hybridized carbons (Fsp3) is 0.321. The van der Waals surface area contributed by atoms with Crippen LogP contribution in [0.25, 0.3) is 10.2 Å². The summed E-state index contributed by atoms with van der Waals surface area (Å²) in [7, 11) is -0.484. The average Bonchev–Trinajstić information content (AvgIpc) is 3.38. The highest BCUT2D eigenvalue weighted by Crippen LogP contribution is 2.38. The minimum atomic E-state index is -3.61. The minimum Gasteiger partial charge on any atom is -0.493 e. The number of aromatic nitrogens is 2. The molecule has 9 nitrogen and oxygen atoms in total. The summed E-state index contributed by atoms with van der Waals surface area (Å²) >= 11 is 1.36. The number of pyridine rings is 1. The topological polar surface area (TPSA) is 102 Å². The highest BCUT2D eigenvalue weighted by atomic mass is 32.2. The average molecular weight is 567 g/mol. The van der Waals surface area contributed by atoms with Gasteiger partial charge in [0.1, 0.15) is 0 Å². The van der Waals surface area contributed by atoms with Gasteiger partial charge >= 0.3 is 0 Å². The molecule has 39 heavy (non-hydrogen) atoms. The molecule has 2 aromatic carbocycles. The first kappa shape index (κ1) is 27.0. The van der Waals surface area contributed by atoms with Gasteiger partial charge in [0.25, 0.3) is 5.91 Å². The molecule has 0 unspecified atom stereocenters. The van der Waals surface area contributed by atoms with Crippen LogP contribution in [0, 0.1) is 5.92 Å². The fourth-order valence-corrected chi connectivity index (χ4v) is 7.00. The summed E-state index contributed by atoms with van der Waals surface area (Å²) in [5.74, 6) is 1.34. The van der Waals surface area contributed by atoms with Gasteiger partial charge in [0, 0.05) is 43.2 Å². The molecular formula is C28H30N4O5S2. The van der Waals surface area contributed by atoms with Crippen LogP contribution in [0.2, 0.25) is 0 Å². The van der Waals surface area contributed by atoms with E-state index in [-0.39, 0.29) is 17.3 Å². The van der Waals surface area contributed by atoms with Crippen LogP contribution in [0.15, 0.2) is 65.8 Å². The van der Waals surface area contributed by atoms with Gasteiger partial charge in [-0.15, -0.1) is 0 Å². The van der Waals surface area contributed by atoms with Crippen LogP contribution in [0.1, 0.15) is 35.7 Å². The molecule has 4 aromatic rings. The van der Waals surface area contributed by atoms with Crippen LogP contribution >= 0.6 is 11.3 Å². The summed E-state index contributed by atoms with van der Waals surface area (Å²) < 4.78 is 39.5. The van der Waals surface area contributed by atoms with Crippen molar-refractivity contribution in [3.63, 3.8) is 0 Å². The van der Waals surface area contributed by atoms with Crippen molar-refractivity contribution < 1.29 is 22.7 Å². The van der Waals surface area contributed by atoms with Crippen molar-refractivity contribution in [2.45, 2.75) is 31.2 Å². The van der Waals surface area contributed by atoms with Crippen LogP contribution in [-0.4, -0.2) is 55.9 Å². The Hall–Kier alpha value is -3.54. The molecule has 0 spiro atoms. The summed E-state index contributed by atoms with van der Waals surface area (Å²) in [6, 6.07) is 13.5. The highest BCUT2D eigenvalue weighted by molar-refractivity contribution is 7.89. The first-order valence-electron chi connectivity index (χ1n) is 12.6. The van der Waals surface area contributed by atoms with Gasteiger partial charge < -0.3 is 9.47 Å². The van der Waals surface area contributed by atoms with E-state index < -0.39 is 10.0 Å². The van der Waals surface area contributed by atoms with E-state index in [0.29, 0.717) is 46.7 Å². The SMILES string of the molecule is COc1cc2nc(N(Cc3cccnc3)C(=O)c3ccc(S(=O)(=O)N4CCC(C)CC4)cc3)sc2cc1OC. The van der Waals surface area contributed by atoms with Gasteiger partial charge in [0.2, 0.25) is 10.0 Å². The fourth-order valence-electron chi connectivity index (χ4n) is 4.56. The largest absolute Gasteiger partial charge is 0.493 e. The molecule has 0 bridgehead atoms. The van der Waals surface area contributed by atoms with Crippen molar-refractivity contribution in [3.05, 3.63) is 72.1 Å². The van der Waals surface area contributed by atoms with E-state index in [2.05, 4.69) is 11.9 Å². The van der Waals surface area contributed by atoms with E-state index in [1.54, 1.807) is 49.7 Å². The predicted molar refractivity (Wildman–Crippen MR) is 151 cm³/mol. The smallest absolute Gasteiger partial charge is 0.260 e. The predicted octanol–water partition coefficient (Wildman–Crippen LogP) is 4.98. The number of carbonyl (C=O) groups is 1. The third-order valence-electron chi connectivity index (χ3n) is 6.90. The quantitative estimate of drug-likeness (QED) is 0.297. The van der Waals surface area contributed by atoms with E-state index in [0.717, 1.165) is 23.1 Å². The number of amides is 1. The molecule has 11 heteroatoms. The Balaban J connectivity index is 1.47. The lowest BCUT2D eigenvalue weighted by molar-refractivity contribution is 0.0985. The third-order valence-corrected chi connectivity index (χ3v) is 9.86. The van der Waals surface area contributed by atoms with Crippen LogP contribution in [-0.2, 0) is 16.6 Å². The molecule has 204 valence electrons. The number of hydrogen-bond acceptors (Lipinski definition) is 8. The number of ether oxygens (including phenoxy) is 2. The normalized spacial score (nSPS) is 14.8. The number of carbonyl (C=O) groups excluding carboxylic acids is 1. The maximum absolute atomic E-state index is 13.8. The van der Waals surface area contributed by atoms with Gasteiger partial charge in [0.05, 0.1) is 35.9 Å². The Morgan fingerprint density at radius 2 is 1.77 bits per heavy atom. The van der Waals surface area contributed by atoms with Crippen molar-refractivity contribution in [1.29, 1.82) is 0 Å². The standard InChI is InChI=1S/C28H30N4O5S2/c1-19-10-13-31(14-11-19)39(34,35)22-8-6-21(7-9-22)27(33)32(18-20-5-4-12-29-17-20)28-30-23-15-24(36-2)25(37-3)16-26(23)38-28/h4-9,12,15-17,19H,10-11,13-14,18H2,1-3H3. The van der Waals surface area contributed by atoms with Gasteiger partial charge in [-0.2, -0.15) is 4.31 Å². The van der Waals surface area contributed by atoms with Crippen LogP contribution in [0.5, 0.6) is 11.5 Å². The third kappa shape index (κ3) is 5.61. The highest BCUT2D eigenvalue weighted by Gasteiger charge is 2.29. The minimum absolute atomic E-state index is 0.187. The summed E-state index contributed by atoms with van der Waals surface area (Å²) in [6.07, 6.45) is 5.07. The van der Waals surface area contributed by atoms with Crippen LogP contribution in [0.4, 0.5) is 5.13 Å². The number of piperidine rings is 1. The van der Waals surface area contributed by atoms with Gasteiger partial charge in [-0.05, 0) is 54.7 Å². The number of anilines is 1. The summed E-state index contributed by atoms with van der Waals surface area (Å²) in [4.78, 5) is 24.5. The van der Waals surface area contributed by atoms with Gasteiger partial charge in [-0.25, -0.2) is 13.4 Å². The molecular weight excluding hydrogens is 536 g/mol. The Kier molecular flexibility index (Phi) is 7.83. The number of nitrogens with zero attached hydrogens (tertiary/aromatic N) is 4. The number of thiazole rings is 1. The van der Waals surface area contributed by atoms with Crippen molar-refractivity contribution in [3.8, 4) is 11.5 Å². The maximum Gasteiger partial charge on any atom is 0.260 e. The monoisotopic (exact) mass is 566 g/mol. The lowest BCUT2D eigenvalue weighted by Crippen LogP contribution is -2.37. The first-order chi connectivity index (χ1) is 18.8. The van der Waals surface area contributed by atoms with E-state index in [4.69, 9.17) is 14.5 Å². The van der Waals surface area contributed by atoms with Gasteiger partial charge in [-0.3, -0.25) is 14.7 Å². The number of methoxy groups -OCH3 is 2. The molecule has 1 saturated heterocycles.